The first-order valence-corrected chi connectivity index (χ1v) is 8.32. The van der Waals surface area contributed by atoms with Gasteiger partial charge in [-0.15, -0.1) is 24.8 Å². The molecule has 0 heterocycles. The Balaban J connectivity index is 0.00000200. The molecule has 1 aliphatic carbocycles. The van der Waals surface area contributed by atoms with Crippen LogP contribution in [0.1, 0.15) is 57.1 Å². The summed E-state index contributed by atoms with van der Waals surface area (Å²) in [4.78, 5) is 0. The van der Waals surface area contributed by atoms with Crippen molar-refractivity contribution in [2.45, 2.75) is 46.0 Å². The summed E-state index contributed by atoms with van der Waals surface area (Å²) in [6.07, 6.45) is 7.71. The van der Waals surface area contributed by atoms with Crippen LogP contribution < -0.4 is 0 Å². The van der Waals surface area contributed by atoms with E-state index in [4.69, 9.17) is 3.79 Å². The fourth-order valence-electron chi connectivity index (χ4n) is 2.25. The molecule has 0 unspecified atom stereocenters. The van der Waals surface area contributed by atoms with E-state index >= 15 is 0 Å². The van der Waals surface area contributed by atoms with Crippen molar-refractivity contribution in [3.8, 4) is 0 Å². The summed E-state index contributed by atoms with van der Waals surface area (Å²) < 4.78 is 6.52. The number of allylic oxidation sites excluding steroid dienone is 4. The molecule has 116 valence electrons. The number of halogens is 2. The van der Waals surface area contributed by atoms with Crippen molar-refractivity contribution in [2.75, 3.05) is 0 Å². The molecule has 0 atom stereocenters. The van der Waals surface area contributed by atoms with Gasteiger partial charge in [-0.25, -0.2) is 0 Å². The van der Waals surface area contributed by atoms with E-state index < -0.39 is 0 Å². The van der Waals surface area contributed by atoms with E-state index in [0.29, 0.717) is 11.8 Å². The number of nitrogens with zero attached hydrogens (tertiary/aromatic N) is 1. The quantitative estimate of drug-likeness (QED) is 0.577. The predicted molar refractivity (Wildman–Crippen MR) is 93.0 cm³/mol. The third-order valence-electron chi connectivity index (χ3n) is 3.37. The van der Waals surface area contributed by atoms with Gasteiger partial charge in [0.05, 0.1) is 0 Å². The van der Waals surface area contributed by atoms with E-state index in [1.54, 1.807) is 0 Å². The van der Waals surface area contributed by atoms with Crippen molar-refractivity contribution < 1.29 is 16.1 Å². The Hall–Kier alpha value is -0.336. The summed E-state index contributed by atoms with van der Waals surface area (Å²) in [5, 5.41) is 0. The monoisotopic (exact) mass is 363 g/mol. The minimum atomic E-state index is -0.0635. The van der Waals surface area contributed by atoms with Gasteiger partial charge in [-0.2, -0.15) is 0 Å². The summed E-state index contributed by atoms with van der Waals surface area (Å²) in [5.41, 5.74) is 4.06. The van der Waals surface area contributed by atoms with E-state index in [1.165, 1.54) is 21.1 Å². The summed E-state index contributed by atoms with van der Waals surface area (Å²) in [6.45, 7) is 9.02. The molecule has 1 aliphatic rings. The first kappa shape index (κ1) is 20.7. The minimum Gasteiger partial charge on any atom is -0.147 e. The van der Waals surface area contributed by atoms with Crippen LogP contribution in [-0.4, -0.2) is 0 Å². The fourth-order valence-corrected chi connectivity index (χ4v) is 3.50. The molecule has 21 heavy (non-hydrogen) atoms. The molecule has 2 rings (SSSR count). The van der Waals surface area contributed by atoms with Crippen LogP contribution in [0.2, 0.25) is 0 Å². The molecule has 1 aromatic rings. The maximum atomic E-state index is 5.02. The molecule has 0 radical (unpaired) electrons. The molecule has 0 saturated carbocycles. The molecule has 0 saturated heterocycles. The second-order valence-electron chi connectivity index (χ2n) is 5.58. The van der Waals surface area contributed by atoms with Crippen molar-refractivity contribution in [1.82, 2.24) is 0 Å². The summed E-state index contributed by atoms with van der Waals surface area (Å²) in [6, 6.07) is 6.64. The van der Waals surface area contributed by atoms with Gasteiger partial charge in [-0.1, -0.05) is 0 Å². The van der Waals surface area contributed by atoms with E-state index in [9.17, 15) is 0 Å². The van der Waals surface area contributed by atoms with E-state index in [2.05, 4.69) is 64.1 Å². The minimum absolute atomic E-state index is 0. The Morgan fingerprint density at radius 2 is 1.57 bits per heavy atom. The normalized spacial score (nSPS) is 13.5. The van der Waals surface area contributed by atoms with Crippen LogP contribution in [-0.2, 0) is 16.1 Å². The number of rotatable bonds is 4. The number of hydrogen-bond donors (Lipinski definition) is 0. The second-order valence-corrected chi connectivity index (χ2v) is 7.11. The van der Waals surface area contributed by atoms with Crippen molar-refractivity contribution in [3.05, 3.63) is 51.8 Å². The zero-order valence-corrected chi connectivity index (χ0v) is 16.1. The smallest absolute Gasteiger partial charge is 0.147 e. The molecular weight excluding hydrogens is 340 g/mol. The zero-order valence-electron chi connectivity index (χ0n) is 13.0. The van der Waals surface area contributed by atoms with Gasteiger partial charge in [0.1, 0.15) is 0 Å². The Morgan fingerprint density at radius 1 is 1.00 bits per heavy atom. The van der Waals surface area contributed by atoms with Gasteiger partial charge in [0.2, 0.25) is 0 Å². The van der Waals surface area contributed by atoms with E-state index in [1.807, 2.05) is 0 Å². The Morgan fingerprint density at radius 3 is 2.00 bits per heavy atom. The fraction of sp³-hybridized carbons (Fsp3) is 0.412. The molecule has 4 heteroatoms. The number of benzene rings is 1. The third-order valence-corrected chi connectivity index (χ3v) is 4.76. The maximum absolute atomic E-state index is 5.02. The van der Waals surface area contributed by atoms with Gasteiger partial charge in [-0.05, 0) is 0 Å². The van der Waals surface area contributed by atoms with Gasteiger partial charge < -0.3 is 0 Å². The van der Waals surface area contributed by atoms with E-state index in [-0.39, 0.29) is 40.9 Å². The molecule has 0 spiro atoms. The van der Waals surface area contributed by atoms with E-state index in [0.717, 1.165) is 6.42 Å². The maximum Gasteiger partial charge on any atom is -0.147 e. The SMILES string of the molecule is CC(C)c1cccc(C(C)C)c1[N]=[V][C]1=CC=CC1.Cl.Cl. The van der Waals surface area contributed by atoms with Crippen molar-refractivity contribution in [2.24, 2.45) is 3.79 Å². The molecule has 1 nitrogen and oxygen atoms in total. The van der Waals surface area contributed by atoms with Crippen LogP contribution in [0.25, 0.3) is 0 Å². The average molecular weight is 364 g/mol. The first-order chi connectivity index (χ1) is 9.09. The standard InChI is InChI=1S/C12H17N.C5H5.2ClH.V/c1-8(2)10-6-5-7-11(9(3)4)12(10)13;1-2-4-5-3-1;;;/h5-9H,1-4H3;1-3H,4H2;2*1H;. The molecule has 0 N–H and O–H groups in total. The van der Waals surface area contributed by atoms with Crippen molar-refractivity contribution >= 4 is 30.5 Å². The second kappa shape index (κ2) is 9.63. The molecule has 0 bridgehead atoms. The summed E-state index contributed by atoms with van der Waals surface area (Å²) in [5.74, 6) is 1.07. The predicted octanol–water partition coefficient (Wildman–Crippen LogP) is 6.52. The summed E-state index contributed by atoms with van der Waals surface area (Å²) in [7, 11) is 0. The molecule has 0 aliphatic heterocycles. The number of hydrogen-bond acceptors (Lipinski definition) is 1. The van der Waals surface area contributed by atoms with Crippen molar-refractivity contribution in [3.63, 3.8) is 0 Å². The zero-order chi connectivity index (χ0) is 13.8. The van der Waals surface area contributed by atoms with Gasteiger partial charge >= 0.3 is 123 Å². The molecule has 0 amide bonds. The molecule has 1 aromatic carbocycles. The van der Waals surface area contributed by atoms with Crippen LogP contribution in [0.5, 0.6) is 0 Å². The molecule has 0 aromatic heterocycles. The van der Waals surface area contributed by atoms with Crippen LogP contribution >= 0.6 is 24.8 Å². The van der Waals surface area contributed by atoms with Crippen molar-refractivity contribution in [1.29, 1.82) is 0 Å². The average Bonchev–Trinajstić information content (AvgIpc) is 2.88. The van der Waals surface area contributed by atoms with Crippen LogP contribution in [0, 0.1) is 0 Å². The Labute approximate surface area is 148 Å². The topological polar surface area (TPSA) is 12.4 Å². The van der Waals surface area contributed by atoms with Crippen LogP contribution in [0.15, 0.2) is 44.5 Å². The largest absolute Gasteiger partial charge is 0.147 e. The van der Waals surface area contributed by atoms with Gasteiger partial charge in [0.25, 0.3) is 0 Å². The first-order valence-electron chi connectivity index (χ1n) is 7.00. The van der Waals surface area contributed by atoms with Crippen LogP contribution in [0.3, 0.4) is 0 Å². The summed E-state index contributed by atoms with van der Waals surface area (Å²) >= 11 is -0.0635. The van der Waals surface area contributed by atoms with Gasteiger partial charge in [0, 0.05) is 0 Å². The molecule has 0 fully saturated rings. The molecular formula is C17H24Cl2NV. The van der Waals surface area contributed by atoms with Gasteiger partial charge in [0.15, 0.2) is 0 Å². The third kappa shape index (κ3) is 5.41. The van der Waals surface area contributed by atoms with Crippen LogP contribution in [0.4, 0.5) is 5.69 Å². The Kier molecular flexibility index (Phi) is 9.48. The Bertz CT molecular complexity index is 519. The van der Waals surface area contributed by atoms with Gasteiger partial charge in [-0.3, -0.25) is 0 Å².